The quantitative estimate of drug-likeness (QED) is 0.827. The molecule has 0 saturated heterocycles. The minimum absolute atomic E-state index is 0.528. The zero-order valence-electron chi connectivity index (χ0n) is 11.4. The number of para-hydroxylation sites is 1. The number of rotatable bonds is 3. The summed E-state index contributed by atoms with van der Waals surface area (Å²) in [4.78, 5) is 4.57. The molecule has 1 aliphatic carbocycles. The van der Waals surface area contributed by atoms with E-state index in [0.29, 0.717) is 16.1 Å². The van der Waals surface area contributed by atoms with Crippen LogP contribution in [0.5, 0.6) is 0 Å². The average molecular weight is 310 g/mol. The van der Waals surface area contributed by atoms with Crippen LogP contribution in [-0.4, -0.2) is 9.55 Å². The zero-order chi connectivity index (χ0) is 14.1. The first kappa shape index (κ1) is 13.8. The molecule has 2 aromatic rings. The fraction of sp³-hybridized carbons (Fsp3) is 0.400. The summed E-state index contributed by atoms with van der Waals surface area (Å²) in [6.07, 6.45) is 7.09. The molecule has 5 heteroatoms. The lowest BCUT2D eigenvalue weighted by Crippen LogP contribution is -2.08. The van der Waals surface area contributed by atoms with E-state index in [2.05, 4.69) is 21.1 Å². The summed E-state index contributed by atoms with van der Waals surface area (Å²) in [5.74, 6) is 0.824. The van der Waals surface area contributed by atoms with Gasteiger partial charge in [-0.1, -0.05) is 42.1 Å². The van der Waals surface area contributed by atoms with Gasteiger partial charge >= 0.3 is 0 Å². The van der Waals surface area contributed by atoms with E-state index in [9.17, 15) is 0 Å². The smallest absolute Gasteiger partial charge is 0.207 e. The normalized spacial score (nSPS) is 15.8. The Labute approximate surface area is 128 Å². The van der Waals surface area contributed by atoms with Gasteiger partial charge in [0.05, 0.1) is 21.4 Å². The van der Waals surface area contributed by atoms with Crippen LogP contribution in [0.1, 0.15) is 37.4 Å². The molecule has 0 atom stereocenters. The fourth-order valence-corrected chi connectivity index (χ4v) is 3.29. The Morgan fingerprint density at radius 1 is 1.20 bits per heavy atom. The molecule has 0 amide bonds. The fourth-order valence-electron chi connectivity index (χ4n) is 2.80. The Kier molecular flexibility index (Phi) is 3.90. The Morgan fingerprint density at radius 2 is 1.85 bits per heavy atom. The molecule has 1 N–H and O–H groups in total. The van der Waals surface area contributed by atoms with Crippen molar-refractivity contribution >= 4 is 34.8 Å². The van der Waals surface area contributed by atoms with Gasteiger partial charge in [0.25, 0.3) is 0 Å². The van der Waals surface area contributed by atoms with Crippen molar-refractivity contribution < 1.29 is 0 Å². The number of nitrogens with zero attached hydrogens (tertiary/aromatic N) is 2. The third-order valence-corrected chi connectivity index (χ3v) is 4.40. The summed E-state index contributed by atoms with van der Waals surface area (Å²) in [6, 6.07) is 6.02. The second kappa shape index (κ2) is 5.66. The number of hydrogen-bond acceptors (Lipinski definition) is 2. The first-order valence-electron chi connectivity index (χ1n) is 6.91. The van der Waals surface area contributed by atoms with Crippen molar-refractivity contribution in [1.82, 2.24) is 9.55 Å². The van der Waals surface area contributed by atoms with Gasteiger partial charge in [0.15, 0.2) is 0 Å². The van der Waals surface area contributed by atoms with E-state index in [1.807, 2.05) is 25.1 Å². The zero-order valence-corrected chi connectivity index (χ0v) is 12.9. The molecule has 1 heterocycles. The van der Waals surface area contributed by atoms with E-state index in [-0.39, 0.29) is 0 Å². The topological polar surface area (TPSA) is 29.9 Å². The third kappa shape index (κ3) is 2.65. The summed E-state index contributed by atoms with van der Waals surface area (Å²) >= 11 is 12.4. The van der Waals surface area contributed by atoms with Gasteiger partial charge in [-0.3, -0.25) is 0 Å². The van der Waals surface area contributed by atoms with E-state index in [4.69, 9.17) is 23.2 Å². The number of halogens is 2. The lowest BCUT2D eigenvalue weighted by molar-refractivity contribution is 0.524. The highest BCUT2D eigenvalue weighted by molar-refractivity contribution is 6.39. The Hall–Kier alpha value is -1.19. The molecule has 0 unspecified atom stereocenters. The SMILES string of the molecule is Cc1cn(C2CCCC2)c(Nc2c(Cl)cccc2Cl)n1. The number of imidazole rings is 1. The van der Waals surface area contributed by atoms with Crippen LogP contribution < -0.4 is 5.32 Å². The second-order valence-corrected chi connectivity index (χ2v) is 6.09. The van der Waals surface area contributed by atoms with Gasteiger partial charge in [-0.05, 0) is 31.9 Å². The van der Waals surface area contributed by atoms with Crippen molar-refractivity contribution in [3.63, 3.8) is 0 Å². The predicted octanol–water partition coefficient (Wildman–Crippen LogP) is 5.36. The molecule has 106 valence electrons. The van der Waals surface area contributed by atoms with Crippen molar-refractivity contribution in [2.45, 2.75) is 38.6 Å². The lowest BCUT2D eigenvalue weighted by Gasteiger charge is -2.16. The Morgan fingerprint density at radius 3 is 2.50 bits per heavy atom. The van der Waals surface area contributed by atoms with Gasteiger partial charge in [0.1, 0.15) is 0 Å². The molecule has 1 saturated carbocycles. The number of aromatic nitrogens is 2. The van der Waals surface area contributed by atoms with Crippen LogP contribution >= 0.6 is 23.2 Å². The summed E-state index contributed by atoms with van der Waals surface area (Å²) in [7, 11) is 0. The minimum atomic E-state index is 0.528. The molecular weight excluding hydrogens is 293 g/mol. The number of hydrogen-bond donors (Lipinski definition) is 1. The maximum absolute atomic E-state index is 6.21. The molecule has 0 radical (unpaired) electrons. The summed E-state index contributed by atoms with van der Waals surface area (Å²) in [5, 5.41) is 4.51. The molecular formula is C15H17Cl2N3. The van der Waals surface area contributed by atoms with Gasteiger partial charge in [0.2, 0.25) is 5.95 Å². The van der Waals surface area contributed by atoms with Crippen molar-refractivity contribution in [3.8, 4) is 0 Å². The number of nitrogens with one attached hydrogen (secondary N) is 1. The van der Waals surface area contributed by atoms with Crippen LogP contribution in [-0.2, 0) is 0 Å². The van der Waals surface area contributed by atoms with Crippen LogP contribution in [0.15, 0.2) is 24.4 Å². The van der Waals surface area contributed by atoms with Crippen LogP contribution in [0.4, 0.5) is 11.6 Å². The molecule has 3 rings (SSSR count). The van der Waals surface area contributed by atoms with Crippen LogP contribution in [0.25, 0.3) is 0 Å². The van der Waals surface area contributed by atoms with E-state index >= 15 is 0 Å². The standard InChI is InChI=1S/C15H17Cl2N3/c1-10-9-20(11-5-2-3-6-11)15(18-10)19-14-12(16)7-4-8-13(14)17/h4,7-9,11H,2-3,5-6H2,1H3,(H,18,19). The summed E-state index contributed by atoms with van der Waals surface area (Å²) in [6.45, 7) is 2.00. The number of anilines is 2. The summed E-state index contributed by atoms with van der Waals surface area (Å²) in [5.41, 5.74) is 1.73. The average Bonchev–Trinajstić information content (AvgIpc) is 3.03. The Balaban J connectivity index is 1.94. The monoisotopic (exact) mass is 309 g/mol. The lowest BCUT2D eigenvalue weighted by atomic mass is 10.2. The Bertz CT molecular complexity index is 595. The van der Waals surface area contributed by atoms with Gasteiger partial charge in [0, 0.05) is 12.2 Å². The van der Waals surface area contributed by atoms with Crippen molar-refractivity contribution in [2.75, 3.05) is 5.32 Å². The highest BCUT2D eigenvalue weighted by Crippen LogP contribution is 2.36. The van der Waals surface area contributed by atoms with Crippen molar-refractivity contribution in [2.24, 2.45) is 0 Å². The highest BCUT2D eigenvalue weighted by Gasteiger charge is 2.21. The molecule has 0 aliphatic heterocycles. The molecule has 20 heavy (non-hydrogen) atoms. The highest BCUT2D eigenvalue weighted by atomic mass is 35.5. The molecule has 0 spiro atoms. The molecule has 1 aromatic carbocycles. The van der Waals surface area contributed by atoms with Crippen LogP contribution in [0.3, 0.4) is 0 Å². The van der Waals surface area contributed by atoms with E-state index in [1.54, 1.807) is 0 Å². The molecule has 3 nitrogen and oxygen atoms in total. The number of aryl methyl sites for hydroxylation is 1. The first-order chi connectivity index (χ1) is 9.65. The van der Waals surface area contributed by atoms with Crippen molar-refractivity contribution in [3.05, 3.63) is 40.1 Å². The van der Waals surface area contributed by atoms with Crippen LogP contribution in [0.2, 0.25) is 10.0 Å². The molecule has 0 bridgehead atoms. The third-order valence-electron chi connectivity index (χ3n) is 3.77. The minimum Gasteiger partial charge on any atom is -0.323 e. The van der Waals surface area contributed by atoms with Crippen molar-refractivity contribution in [1.29, 1.82) is 0 Å². The molecule has 1 aliphatic rings. The predicted molar refractivity (Wildman–Crippen MR) is 84.2 cm³/mol. The molecule has 1 fully saturated rings. The van der Waals surface area contributed by atoms with E-state index in [0.717, 1.165) is 17.3 Å². The maximum atomic E-state index is 6.21. The van der Waals surface area contributed by atoms with Gasteiger partial charge < -0.3 is 9.88 Å². The largest absolute Gasteiger partial charge is 0.323 e. The van der Waals surface area contributed by atoms with Gasteiger partial charge in [-0.25, -0.2) is 4.98 Å². The van der Waals surface area contributed by atoms with E-state index < -0.39 is 0 Å². The van der Waals surface area contributed by atoms with Gasteiger partial charge in [-0.15, -0.1) is 0 Å². The van der Waals surface area contributed by atoms with E-state index in [1.165, 1.54) is 25.7 Å². The number of benzene rings is 1. The second-order valence-electron chi connectivity index (χ2n) is 5.27. The first-order valence-corrected chi connectivity index (χ1v) is 7.67. The maximum Gasteiger partial charge on any atom is 0.207 e. The molecule has 1 aromatic heterocycles. The van der Waals surface area contributed by atoms with Gasteiger partial charge in [-0.2, -0.15) is 0 Å². The summed E-state index contributed by atoms with van der Waals surface area (Å²) < 4.78 is 2.22. The van der Waals surface area contributed by atoms with Crippen LogP contribution in [0, 0.1) is 6.92 Å².